The van der Waals surface area contributed by atoms with Gasteiger partial charge in [-0.2, -0.15) is 0 Å². The molecule has 68 valence electrons. The van der Waals surface area contributed by atoms with Crippen LogP contribution in [0.1, 0.15) is 18.6 Å². The van der Waals surface area contributed by atoms with Crippen molar-refractivity contribution in [3.63, 3.8) is 0 Å². The molecule has 3 N–H and O–H groups in total. The van der Waals surface area contributed by atoms with Crippen LogP contribution in [0.15, 0.2) is 30.5 Å². The maximum absolute atomic E-state index is 5.12. The first-order valence-corrected chi connectivity index (χ1v) is 4.24. The molecular formula is C10H12N2O. The van der Waals surface area contributed by atoms with Crippen LogP contribution in [-0.4, -0.2) is 4.98 Å². The van der Waals surface area contributed by atoms with Gasteiger partial charge in [-0.3, -0.25) is 4.84 Å². The Morgan fingerprint density at radius 1 is 1.38 bits per heavy atom. The minimum absolute atomic E-state index is 0.0562. The number of nitrogens with one attached hydrogen (secondary N) is 1. The number of hydrogen-bond donors (Lipinski definition) is 2. The number of nitrogens with two attached hydrogens (primary N) is 1. The number of fused-ring (bicyclic) bond motifs is 1. The fourth-order valence-corrected chi connectivity index (χ4v) is 1.40. The largest absolute Gasteiger partial charge is 0.361 e. The standard InChI is InChI=1S/C10H12N2O/c1-7(13-11)8-2-3-10-9(6-8)4-5-12-10/h2-7,12H,11H2,1H3. The highest BCUT2D eigenvalue weighted by atomic mass is 16.6. The van der Waals surface area contributed by atoms with E-state index in [0.717, 1.165) is 11.1 Å². The second kappa shape index (κ2) is 3.20. The van der Waals surface area contributed by atoms with Gasteiger partial charge in [-0.1, -0.05) is 6.07 Å². The first-order valence-electron chi connectivity index (χ1n) is 4.24. The monoisotopic (exact) mass is 176 g/mol. The summed E-state index contributed by atoms with van der Waals surface area (Å²) in [6.45, 7) is 1.92. The number of H-pyrrole nitrogens is 1. The lowest BCUT2D eigenvalue weighted by Crippen LogP contribution is -2.04. The summed E-state index contributed by atoms with van der Waals surface area (Å²) in [4.78, 5) is 7.88. The van der Waals surface area contributed by atoms with E-state index in [2.05, 4.69) is 11.1 Å². The molecule has 2 rings (SSSR count). The van der Waals surface area contributed by atoms with Crippen molar-refractivity contribution in [3.05, 3.63) is 36.0 Å². The summed E-state index contributed by atoms with van der Waals surface area (Å²) in [6, 6.07) is 8.14. The van der Waals surface area contributed by atoms with Crippen molar-refractivity contribution in [1.82, 2.24) is 4.98 Å². The molecular weight excluding hydrogens is 164 g/mol. The van der Waals surface area contributed by atoms with Gasteiger partial charge in [-0.15, -0.1) is 0 Å². The maximum atomic E-state index is 5.12. The van der Waals surface area contributed by atoms with Gasteiger partial charge in [-0.25, -0.2) is 5.90 Å². The fraction of sp³-hybridized carbons (Fsp3) is 0.200. The third kappa shape index (κ3) is 1.43. The van der Waals surface area contributed by atoms with E-state index in [1.807, 2.05) is 31.3 Å². The smallest absolute Gasteiger partial charge is 0.101 e. The lowest BCUT2D eigenvalue weighted by molar-refractivity contribution is 0.0665. The highest BCUT2D eigenvalue weighted by Crippen LogP contribution is 2.20. The van der Waals surface area contributed by atoms with Crippen LogP contribution in [0.5, 0.6) is 0 Å². The zero-order valence-corrected chi connectivity index (χ0v) is 7.45. The topological polar surface area (TPSA) is 51.0 Å². The van der Waals surface area contributed by atoms with Crippen LogP contribution in [0.2, 0.25) is 0 Å². The number of hydrogen-bond acceptors (Lipinski definition) is 2. The molecule has 13 heavy (non-hydrogen) atoms. The molecule has 1 atom stereocenters. The average molecular weight is 176 g/mol. The minimum Gasteiger partial charge on any atom is -0.361 e. The lowest BCUT2D eigenvalue weighted by atomic mass is 10.1. The molecule has 3 heteroatoms. The van der Waals surface area contributed by atoms with E-state index in [-0.39, 0.29) is 6.10 Å². The fourth-order valence-electron chi connectivity index (χ4n) is 1.40. The number of benzene rings is 1. The molecule has 0 aliphatic heterocycles. The van der Waals surface area contributed by atoms with Crippen LogP contribution >= 0.6 is 0 Å². The predicted octanol–water partition coefficient (Wildman–Crippen LogP) is 2.12. The number of aromatic amines is 1. The Labute approximate surface area is 76.5 Å². The van der Waals surface area contributed by atoms with Crippen molar-refractivity contribution in [2.45, 2.75) is 13.0 Å². The molecule has 0 fully saturated rings. The molecule has 1 unspecified atom stereocenters. The van der Waals surface area contributed by atoms with E-state index in [0.29, 0.717) is 0 Å². The third-order valence-corrected chi connectivity index (χ3v) is 2.25. The molecule has 0 bridgehead atoms. The van der Waals surface area contributed by atoms with E-state index in [1.54, 1.807) is 0 Å². The quantitative estimate of drug-likeness (QED) is 0.688. The highest BCUT2D eigenvalue weighted by Gasteiger charge is 2.04. The first-order chi connectivity index (χ1) is 6.31. The molecule has 2 aromatic rings. The van der Waals surface area contributed by atoms with E-state index >= 15 is 0 Å². The Morgan fingerprint density at radius 2 is 2.23 bits per heavy atom. The molecule has 0 aliphatic carbocycles. The second-order valence-electron chi connectivity index (χ2n) is 3.10. The van der Waals surface area contributed by atoms with E-state index in [1.165, 1.54) is 5.39 Å². The van der Waals surface area contributed by atoms with Crippen molar-refractivity contribution >= 4 is 10.9 Å². The van der Waals surface area contributed by atoms with Gasteiger partial charge < -0.3 is 4.98 Å². The van der Waals surface area contributed by atoms with Gasteiger partial charge in [0.15, 0.2) is 0 Å². The highest BCUT2D eigenvalue weighted by molar-refractivity contribution is 5.79. The average Bonchev–Trinajstić information content (AvgIpc) is 2.63. The van der Waals surface area contributed by atoms with Crippen molar-refractivity contribution in [3.8, 4) is 0 Å². The molecule has 1 heterocycles. The Bertz CT molecular complexity index is 408. The van der Waals surface area contributed by atoms with Gasteiger partial charge in [0.05, 0.1) is 0 Å². The molecule has 0 radical (unpaired) electrons. The molecule has 1 aromatic heterocycles. The predicted molar refractivity (Wildman–Crippen MR) is 52.0 cm³/mol. The second-order valence-corrected chi connectivity index (χ2v) is 3.10. The van der Waals surface area contributed by atoms with Gasteiger partial charge >= 0.3 is 0 Å². The van der Waals surface area contributed by atoms with Crippen LogP contribution < -0.4 is 5.90 Å². The molecule has 0 spiro atoms. The summed E-state index contributed by atoms with van der Waals surface area (Å²) in [5, 5.41) is 1.18. The van der Waals surface area contributed by atoms with E-state index < -0.39 is 0 Å². The van der Waals surface area contributed by atoms with Gasteiger partial charge in [0.2, 0.25) is 0 Å². The number of aromatic nitrogens is 1. The molecule has 1 aromatic carbocycles. The van der Waals surface area contributed by atoms with Crippen LogP contribution in [-0.2, 0) is 4.84 Å². The van der Waals surface area contributed by atoms with Crippen LogP contribution in [0, 0.1) is 0 Å². The van der Waals surface area contributed by atoms with E-state index in [9.17, 15) is 0 Å². The molecule has 0 aliphatic rings. The van der Waals surface area contributed by atoms with Crippen LogP contribution in [0.25, 0.3) is 10.9 Å². The normalized spacial score (nSPS) is 13.4. The summed E-state index contributed by atoms with van der Waals surface area (Å²) < 4.78 is 0. The summed E-state index contributed by atoms with van der Waals surface area (Å²) in [6.07, 6.45) is 1.86. The van der Waals surface area contributed by atoms with Crippen molar-refractivity contribution < 1.29 is 4.84 Å². The Hall–Kier alpha value is -1.32. The Morgan fingerprint density at radius 3 is 3.00 bits per heavy atom. The summed E-state index contributed by atoms with van der Waals surface area (Å²) in [5.41, 5.74) is 2.22. The zero-order chi connectivity index (χ0) is 9.26. The van der Waals surface area contributed by atoms with Gasteiger partial charge in [-0.05, 0) is 36.1 Å². The molecule has 0 amide bonds. The molecule has 0 saturated carbocycles. The van der Waals surface area contributed by atoms with Gasteiger partial charge in [0.25, 0.3) is 0 Å². The minimum atomic E-state index is -0.0562. The number of rotatable bonds is 2. The van der Waals surface area contributed by atoms with Crippen LogP contribution in [0.3, 0.4) is 0 Å². The van der Waals surface area contributed by atoms with Gasteiger partial charge in [0, 0.05) is 11.7 Å². The first kappa shape index (κ1) is 8.29. The third-order valence-electron chi connectivity index (χ3n) is 2.25. The summed E-state index contributed by atoms with van der Waals surface area (Å²) in [5.74, 6) is 5.12. The Balaban J connectivity index is 2.48. The Kier molecular flexibility index (Phi) is 2.04. The SMILES string of the molecule is CC(ON)c1ccc2[nH]ccc2c1. The zero-order valence-electron chi connectivity index (χ0n) is 7.45. The summed E-state index contributed by atoms with van der Waals surface area (Å²) in [7, 11) is 0. The molecule has 3 nitrogen and oxygen atoms in total. The summed E-state index contributed by atoms with van der Waals surface area (Å²) >= 11 is 0. The van der Waals surface area contributed by atoms with Crippen molar-refractivity contribution in [2.24, 2.45) is 5.90 Å². The van der Waals surface area contributed by atoms with Crippen molar-refractivity contribution in [2.75, 3.05) is 0 Å². The van der Waals surface area contributed by atoms with Crippen molar-refractivity contribution in [1.29, 1.82) is 0 Å². The molecule has 0 saturated heterocycles. The maximum Gasteiger partial charge on any atom is 0.101 e. The van der Waals surface area contributed by atoms with Crippen LogP contribution in [0.4, 0.5) is 0 Å². The lowest BCUT2D eigenvalue weighted by Gasteiger charge is -2.08. The van der Waals surface area contributed by atoms with Gasteiger partial charge in [0.1, 0.15) is 6.10 Å². The van der Waals surface area contributed by atoms with E-state index in [4.69, 9.17) is 10.7 Å².